The number of ether oxygens (including phenoxy) is 1. The van der Waals surface area contributed by atoms with Crippen molar-refractivity contribution in [1.29, 1.82) is 0 Å². The molecule has 0 rings (SSSR count). The molecule has 0 aromatic rings. The van der Waals surface area contributed by atoms with Crippen molar-refractivity contribution in [2.24, 2.45) is 5.92 Å². The highest BCUT2D eigenvalue weighted by atomic mass is 19.4. The van der Waals surface area contributed by atoms with Crippen molar-refractivity contribution < 1.29 is 41.0 Å². The molecule has 0 saturated carbocycles. The number of aliphatic hydroxyl groups is 1. The van der Waals surface area contributed by atoms with E-state index >= 15 is 0 Å². The quantitative estimate of drug-likeness (QED) is 0.627. The Kier molecular flexibility index (Phi) is 5.66. The first-order chi connectivity index (χ1) is 8.41. The minimum absolute atomic E-state index is 0.366. The standard InChI is InChI=1S/C10H14F6O3/c1-3-6(4-2)5-19-7(17)8(18,9(11,12)13)10(14,15)16/h6,18H,3-5H2,1-2H3. The molecule has 0 aliphatic carbocycles. The molecule has 0 aromatic heterocycles. The molecule has 0 saturated heterocycles. The Hall–Kier alpha value is -0.990. The summed E-state index contributed by atoms with van der Waals surface area (Å²) in [5, 5.41) is 8.69. The summed E-state index contributed by atoms with van der Waals surface area (Å²) in [5.74, 6) is -3.12. The molecule has 0 aliphatic heterocycles. The minimum Gasteiger partial charge on any atom is -0.463 e. The molecular weight excluding hydrogens is 282 g/mol. The third-order valence-corrected chi connectivity index (χ3v) is 2.72. The van der Waals surface area contributed by atoms with Crippen molar-refractivity contribution in [3.8, 4) is 0 Å². The van der Waals surface area contributed by atoms with Crippen molar-refractivity contribution in [3.63, 3.8) is 0 Å². The highest BCUT2D eigenvalue weighted by molar-refractivity contribution is 5.81. The zero-order valence-corrected chi connectivity index (χ0v) is 10.2. The van der Waals surface area contributed by atoms with Gasteiger partial charge in [0.15, 0.2) is 0 Å². The maximum atomic E-state index is 12.3. The summed E-state index contributed by atoms with van der Waals surface area (Å²) in [6.07, 6.45) is -11.6. The van der Waals surface area contributed by atoms with Crippen molar-refractivity contribution in [3.05, 3.63) is 0 Å². The SMILES string of the molecule is CCC(CC)COC(=O)C(O)(C(F)(F)F)C(F)(F)F. The largest absolute Gasteiger partial charge is 0.463 e. The molecule has 0 heterocycles. The molecule has 0 bridgehead atoms. The monoisotopic (exact) mass is 296 g/mol. The van der Waals surface area contributed by atoms with E-state index in [4.69, 9.17) is 5.11 Å². The Morgan fingerprint density at radius 1 is 1.05 bits per heavy atom. The van der Waals surface area contributed by atoms with Gasteiger partial charge in [0, 0.05) is 0 Å². The molecule has 0 radical (unpaired) electrons. The van der Waals surface area contributed by atoms with Gasteiger partial charge in [0.05, 0.1) is 6.61 Å². The number of rotatable bonds is 5. The van der Waals surface area contributed by atoms with E-state index in [9.17, 15) is 31.1 Å². The molecular formula is C10H14F6O3. The summed E-state index contributed by atoms with van der Waals surface area (Å²) in [6, 6.07) is 0. The molecule has 0 spiro atoms. The van der Waals surface area contributed by atoms with Crippen molar-refractivity contribution in [1.82, 2.24) is 0 Å². The Morgan fingerprint density at radius 3 is 1.68 bits per heavy atom. The summed E-state index contributed by atoms with van der Waals surface area (Å²) >= 11 is 0. The second-order valence-electron chi connectivity index (χ2n) is 3.99. The Morgan fingerprint density at radius 2 is 1.42 bits per heavy atom. The Labute approximate surface area is 105 Å². The molecule has 19 heavy (non-hydrogen) atoms. The first-order valence-corrected chi connectivity index (χ1v) is 5.44. The number of carbonyl (C=O) groups is 1. The molecule has 114 valence electrons. The van der Waals surface area contributed by atoms with Crippen LogP contribution in [0.5, 0.6) is 0 Å². The molecule has 0 aromatic carbocycles. The van der Waals surface area contributed by atoms with Crippen LogP contribution in [0, 0.1) is 5.92 Å². The van der Waals surface area contributed by atoms with Gasteiger partial charge in [0.25, 0.3) is 0 Å². The number of carbonyl (C=O) groups excluding carboxylic acids is 1. The summed E-state index contributed by atoms with van der Waals surface area (Å²) in [7, 11) is 0. The lowest BCUT2D eigenvalue weighted by molar-refractivity contribution is -0.357. The Balaban J connectivity index is 5.07. The van der Waals surface area contributed by atoms with Gasteiger partial charge in [-0.2, -0.15) is 26.3 Å². The van der Waals surface area contributed by atoms with Gasteiger partial charge < -0.3 is 9.84 Å². The molecule has 0 unspecified atom stereocenters. The van der Waals surface area contributed by atoms with Crippen LogP contribution >= 0.6 is 0 Å². The predicted octanol–water partition coefficient (Wildman–Crippen LogP) is 2.82. The Bertz CT molecular complexity index is 291. The zero-order valence-electron chi connectivity index (χ0n) is 10.2. The average Bonchev–Trinajstić information content (AvgIpc) is 2.25. The molecule has 0 atom stereocenters. The lowest BCUT2D eigenvalue weighted by atomic mass is 10.0. The lowest BCUT2D eigenvalue weighted by Gasteiger charge is -2.30. The predicted molar refractivity (Wildman–Crippen MR) is 52.1 cm³/mol. The van der Waals surface area contributed by atoms with Crippen molar-refractivity contribution in [2.75, 3.05) is 6.61 Å². The van der Waals surface area contributed by atoms with Gasteiger partial charge in [-0.05, 0) is 5.92 Å². The van der Waals surface area contributed by atoms with Gasteiger partial charge in [0.2, 0.25) is 0 Å². The van der Waals surface area contributed by atoms with Gasteiger partial charge in [-0.3, -0.25) is 0 Å². The highest BCUT2D eigenvalue weighted by Gasteiger charge is 2.76. The third kappa shape index (κ3) is 3.74. The van der Waals surface area contributed by atoms with Gasteiger partial charge in [-0.15, -0.1) is 0 Å². The number of esters is 1. The summed E-state index contributed by atoms with van der Waals surface area (Å²) in [4.78, 5) is 11.0. The number of halogens is 6. The van der Waals surface area contributed by atoms with Crippen LogP contribution in [0.25, 0.3) is 0 Å². The van der Waals surface area contributed by atoms with Crippen LogP contribution in [0.2, 0.25) is 0 Å². The van der Waals surface area contributed by atoms with Gasteiger partial charge in [0.1, 0.15) is 0 Å². The fourth-order valence-corrected chi connectivity index (χ4v) is 1.21. The van der Waals surface area contributed by atoms with Crippen LogP contribution in [0.1, 0.15) is 26.7 Å². The topological polar surface area (TPSA) is 46.5 Å². The van der Waals surface area contributed by atoms with E-state index < -0.39 is 30.5 Å². The molecule has 3 nitrogen and oxygen atoms in total. The molecule has 9 heteroatoms. The van der Waals surface area contributed by atoms with Gasteiger partial charge in [-0.25, -0.2) is 4.79 Å². The van der Waals surface area contributed by atoms with Gasteiger partial charge in [-0.1, -0.05) is 26.7 Å². The van der Waals surface area contributed by atoms with Crippen LogP contribution < -0.4 is 0 Å². The van der Waals surface area contributed by atoms with E-state index in [1.165, 1.54) is 0 Å². The fraction of sp³-hybridized carbons (Fsp3) is 0.900. The number of hydrogen-bond donors (Lipinski definition) is 1. The molecule has 1 N–H and O–H groups in total. The van der Waals surface area contributed by atoms with E-state index in [1.807, 2.05) is 0 Å². The zero-order chi connectivity index (χ0) is 15.5. The van der Waals surface area contributed by atoms with Crippen LogP contribution in [-0.4, -0.2) is 35.6 Å². The van der Waals surface area contributed by atoms with Gasteiger partial charge >= 0.3 is 23.9 Å². The number of hydrogen-bond acceptors (Lipinski definition) is 3. The molecule has 0 amide bonds. The average molecular weight is 296 g/mol. The highest BCUT2D eigenvalue weighted by Crippen LogP contribution is 2.43. The van der Waals surface area contributed by atoms with Crippen LogP contribution in [0.4, 0.5) is 26.3 Å². The fourth-order valence-electron chi connectivity index (χ4n) is 1.21. The first-order valence-electron chi connectivity index (χ1n) is 5.44. The number of alkyl halides is 6. The van der Waals surface area contributed by atoms with Crippen molar-refractivity contribution >= 4 is 5.97 Å². The summed E-state index contributed by atoms with van der Waals surface area (Å²) in [6.45, 7) is 2.67. The second kappa shape index (κ2) is 5.98. The van der Waals surface area contributed by atoms with E-state index in [0.29, 0.717) is 12.8 Å². The van der Waals surface area contributed by atoms with E-state index in [2.05, 4.69) is 4.74 Å². The van der Waals surface area contributed by atoms with E-state index in [1.54, 1.807) is 13.8 Å². The van der Waals surface area contributed by atoms with Crippen LogP contribution in [0.15, 0.2) is 0 Å². The van der Waals surface area contributed by atoms with Crippen LogP contribution in [-0.2, 0) is 9.53 Å². The van der Waals surface area contributed by atoms with E-state index in [-0.39, 0.29) is 5.92 Å². The summed E-state index contributed by atoms with van der Waals surface area (Å²) < 4.78 is 77.6. The minimum atomic E-state index is -6.20. The smallest absolute Gasteiger partial charge is 0.437 e. The molecule has 0 aliphatic rings. The maximum absolute atomic E-state index is 12.3. The van der Waals surface area contributed by atoms with E-state index in [0.717, 1.165) is 0 Å². The third-order valence-electron chi connectivity index (χ3n) is 2.72. The lowest BCUT2D eigenvalue weighted by Crippen LogP contribution is -2.63. The first kappa shape index (κ1) is 18.0. The maximum Gasteiger partial charge on any atom is 0.437 e. The normalized spacial score (nSPS) is 13.8. The van der Waals surface area contributed by atoms with Crippen molar-refractivity contribution in [2.45, 2.75) is 44.6 Å². The van der Waals surface area contributed by atoms with Crippen LogP contribution in [0.3, 0.4) is 0 Å². The molecule has 0 fully saturated rings. The second-order valence-corrected chi connectivity index (χ2v) is 3.99. The summed E-state index contributed by atoms with van der Waals surface area (Å²) in [5.41, 5.74) is -5.49.